The van der Waals surface area contributed by atoms with Crippen LogP contribution in [0.2, 0.25) is 0 Å². The van der Waals surface area contributed by atoms with E-state index in [0.717, 1.165) is 5.69 Å². The van der Waals surface area contributed by atoms with Gasteiger partial charge in [-0.2, -0.15) is 0 Å². The summed E-state index contributed by atoms with van der Waals surface area (Å²) in [7, 11) is 1.63. The molecule has 3 amide bonds. The van der Waals surface area contributed by atoms with Gasteiger partial charge in [-0.05, 0) is 42.8 Å². The summed E-state index contributed by atoms with van der Waals surface area (Å²) in [6.45, 7) is 0.493. The summed E-state index contributed by atoms with van der Waals surface area (Å²) >= 11 is 0. The largest absolute Gasteiger partial charge is 0.347 e. The van der Waals surface area contributed by atoms with Crippen molar-refractivity contribution in [3.8, 4) is 5.69 Å². The number of fused-ring (bicyclic) bond motifs is 1. The van der Waals surface area contributed by atoms with Crippen LogP contribution in [0.25, 0.3) is 5.69 Å². The van der Waals surface area contributed by atoms with Crippen LogP contribution in [-0.4, -0.2) is 64.3 Å². The SMILES string of the molecule is CN1CC(=O)N2C[C@@H](NC(=O)c3ccc(-n4cccc4)cc3)C[C@H]2C1=O. The molecule has 1 aromatic carbocycles. The maximum absolute atomic E-state index is 12.5. The molecule has 3 heterocycles. The van der Waals surface area contributed by atoms with Gasteiger partial charge in [0.1, 0.15) is 6.04 Å². The molecular weight excluding hydrogens is 332 g/mol. The molecule has 7 heteroatoms. The van der Waals surface area contributed by atoms with Gasteiger partial charge < -0.3 is 19.7 Å². The summed E-state index contributed by atoms with van der Waals surface area (Å²) in [5.41, 5.74) is 1.53. The first-order valence-electron chi connectivity index (χ1n) is 8.61. The average Bonchev–Trinajstić information content (AvgIpc) is 3.30. The number of aromatic nitrogens is 1. The first-order chi connectivity index (χ1) is 12.5. The summed E-state index contributed by atoms with van der Waals surface area (Å²) < 4.78 is 1.96. The third kappa shape index (κ3) is 2.85. The maximum atomic E-state index is 12.5. The van der Waals surface area contributed by atoms with Crippen molar-refractivity contribution in [3.63, 3.8) is 0 Å². The fourth-order valence-electron chi connectivity index (χ4n) is 3.64. The molecule has 2 atom stereocenters. The summed E-state index contributed by atoms with van der Waals surface area (Å²) in [5.74, 6) is -0.315. The number of carbonyl (C=O) groups is 3. The van der Waals surface area contributed by atoms with Gasteiger partial charge in [-0.25, -0.2) is 0 Å². The zero-order valence-corrected chi connectivity index (χ0v) is 14.5. The molecule has 2 aliphatic rings. The fraction of sp³-hybridized carbons (Fsp3) is 0.316. The maximum Gasteiger partial charge on any atom is 0.251 e. The highest BCUT2D eigenvalue weighted by atomic mass is 16.2. The Labute approximate surface area is 151 Å². The van der Waals surface area contributed by atoms with Gasteiger partial charge in [0.15, 0.2) is 0 Å². The van der Waals surface area contributed by atoms with Crippen LogP contribution in [0.1, 0.15) is 16.8 Å². The van der Waals surface area contributed by atoms with E-state index < -0.39 is 6.04 Å². The molecule has 1 aromatic heterocycles. The summed E-state index contributed by atoms with van der Waals surface area (Å²) in [5, 5.41) is 2.95. The Morgan fingerprint density at radius 3 is 2.50 bits per heavy atom. The molecule has 2 saturated heterocycles. The normalized spacial score (nSPS) is 22.5. The quantitative estimate of drug-likeness (QED) is 0.881. The Hall–Kier alpha value is -3.09. The molecule has 1 N–H and O–H groups in total. The van der Waals surface area contributed by atoms with Crippen LogP contribution >= 0.6 is 0 Å². The van der Waals surface area contributed by atoms with Crippen molar-refractivity contribution < 1.29 is 14.4 Å². The Morgan fingerprint density at radius 1 is 1.12 bits per heavy atom. The predicted molar refractivity (Wildman–Crippen MR) is 94.8 cm³/mol. The number of hydrogen-bond donors (Lipinski definition) is 1. The van der Waals surface area contributed by atoms with Crippen LogP contribution < -0.4 is 5.32 Å². The average molecular weight is 352 g/mol. The number of carbonyl (C=O) groups excluding carboxylic acids is 3. The highest BCUT2D eigenvalue weighted by Gasteiger charge is 2.44. The lowest BCUT2D eigenvalue weighted by Gasteiger charge is -2.33. The first kappa shape index (κ1) is 16.4. The molecule has 0 aliphatic carbocycles. The highest BCUT2D eigenvalue weighted by Crippen LogP contribution is 2.23. The molecule has 2 aromatic rings. The molecule has 0 spiro atoms. The standard InChI is InChI=1S/C19H20N4O3/c1-21-12-17(24)23-11-14(10-16(23)19(21)26)20-18(25)13-4-6-15(7-5-13)22-8-2-3-9-22/h2-9,14,16H,10-12H2,1H3,(H,20,25)/t14-,16-/m0/s1. The van der Waals surface area contributed by atoms with Crippen molar-refractivity contribution in [1.29, 1.82) is 0 Å². The molecule has 2 fully saturated rings. The number of rotatable bonds is 3. The van der Waals surface area contributed by atoms with Crippen molar-refractivity contribution in [2.24, 2.45) is 0 Å². The number of nitrogens with zero attached hydrogens (tertiary/aromatic N) is 3. The molecule has 0 radical (unpaired) electrons. The van der Waals surface area contributed by atoms with Crippen molar-refractivity contribution >= 4 is 17.7 Å². The van der Waals surface area contributed by atoms with Crippen LogP contribution in [0.3, 0.4) is 0 Å². The molecule has 0 unspecified atom stereocenters. The minimum Gasteiger partial charge on any atom is -0.347 e. The van der Waals surface area contributed by atoms with Crippen LogP contribution in [0.15, 0.2) is 48.8 Å². The number of piperazine rings is 1. The molecule has 26 heavy (non-hydrogen) atoms. The minimum absolute atomic E-state index is 0.0579. The van der Waals surface area contributed by atoms with Gasteiger partial charge >= 0.3 is 0 Å². The van der Waals surface area contributed by atoms with Crippen LogP contribution in [0, 0.1) is 0 Å². The number of hydrogen-bond acceptors (Lipinski definition) is 3. The Balaban J connectivity index is 1.42. The van der Waals surface area contributed by atoms with Crippen molar-refractivity contribution in [3.05, 3.63) is 54.4 Å². The Bertz CT molecular complexity index is 844. The van der Waals surface area contributed by atoms with Crippen LogP contribution in [0.4, 0.5) is 0 Å². The Morgan fingerprint density at radius 2 is 1.81 bits per heavy atom. The highest BCUT2D eigenvalue weighted by molar-refractivity contribution is 5.97. The third-order valence-corrected chi connectivity index (χ3v) is 5.02. The van der Waals surface area contributed by atoms with Gasteiger partial charge in [0.2, 0.25) is 11.8 Å². The number of amides is 3. The van der Waals surface area contributed by atoms with Gasteiger partial charge in [0, 0.05) is 43.3 Å². The van der Waals surface area contributed by atoms with E-state index in [4.69, 9.17) is 0 Å². The summed E-state index contributed by atoms with van der Waals surface area (Å²) in [6.07, 6.45) is 4.34. The molecule has 134 valence electrons. The zero-order valence-electron chi connectivity index (χ0n) is 14.5. The predicted octanol–water partition coefficient (Wildman–Crippen LogP) is 0.649. The second-order valence-electron chi connectivity index (χ2n) is 6.80. The van der Waals surface area contributed by atoms with Crippen molar-refractivity contribution in [2.45, 2.75) is 18.5 Å². The monoisotopic (exact) mass is 352 g/mol. The van der Waals surface area contributed by atoms with Gasteiger partial charge in [-0.15, -0.1) is 0 Å². The minimum atomic E-state index is -0.456. The second kappa shape index (κ2) is 6.33. The van der Waals surface area contributed by atoms with Crippen molar-refractivity contribution in [2.75, 3.05) is 20.1 Å². The molecule has 0 bridgehead atoms. The molecule has 0 saturated carbocycles. The Kier molecular flexibility index (Phi) is 3.99. The number of likely N-dealkylation sites (N-methyl/N-ethyl adjacent to an activating group) is 1. The lowest BCUT2D eigenvalue weighted by Crippen LogP contribution is -2.55. The van der Waals surface area contributed by atoms with Crippen LogP contribution in [0.5, 0.6) is 0 Å². The fourth-order valence-corrected chi connectivity index (χ4v) is 3.64. The van der Waals surface area contributed by atoms with Gasteiger partial charge in [0.05, 0.1) is 6.54 Å². The summed E-state index contributed by atoms with van der Waals surface area (Å²) in [6, 6.07) is 10.5. The van der Waals surface area contributed by atoms with Gasteiger partial charge in [0.25, 0.3) is 5.91 Å². The second-order valence-corrected chi connectivity index (χ2v) is 6.80. The number of nitrogens with one attached hydrogen (secondary N) is 1. The molecule has 2 aliphatic heterocycles. The van der Waals surface area contributed by atoms with E-state index in [-0.39, 0.29) is 30.3 Å². The van der Waals surface area contributed by atoms with Gasteiger partial charge in [-0.1, -0.05) is 0 Å². The topological polar surface area (TPSA) is 74.7 Å². The van der Waals surface area contributed by atoms with Gasteiger partial charge in [-0.3, -0.25) is 14.4 Å². The summed E-state index contributed by atoms with van der Waals surface area (Å²) in [4.78, 5) is 39.9. The first-order valence-corrected chi connectivity index (χ1v) is 8.61. The lowest BCUT2D eigenvalue weighted by molar-refractivity contribution is -0.152. The smallest absolute Gasteiger partial charge is 0.251 e. The van der Waals surface area contributed by atoms with E-state index >= 15 is 0 Å². The molecule has 7 nitrogen and oxygen atoms in total. The van der Waals surface area contributed by atoms with Crippen LogP contribution in [-0.2, 0) is 9.59 Å². The molecular formula is C19H20N4O3. The third-order valence-electron chi connectivity index (χ3n) is 5.02. The molecule has 4 rings (SSSR count). The van der Waals surface area contributed by atoms with E-state index in [2.05, 4.69) is 5.32 Å². The number of benzene rings is 1. The van der Waals surface area contributed by atoms with E-state index in [1.165, 1.54) is 4.90 Å². The van der Waals surface area contributed by atoms with E-state index in [1.807, 2.05) is 41.2 Å². The lowest BCUT2D eigenvalue weighted by atomic mass is 10.1. The van der Waals surface area contributed by atoms with E-state index in [0.29, 0.717) is 18.5 Å². The van der Waals surface area contributed by atoms with Crippen molar-refractivity contribution in [1.82, 2.24) is 19.7 Å². The van der Waals surface area contributed by atoms with E-state index in [9.17, 15) is 14.4 Å². The van der Waals surface area contributed by atoms with E-state index in [1.54, 1.807) is 24.1 Å². The zero-order chi connectivity index (χ0) is 18.3.